The van der Waals surface area contributed by atoms with E-state index in [-0.39, 0.29) is 5.69 Å². The van der Waals surface area contributed by atoms with Crippen molar-refractivity contribution < 1.29 is 4.92 Å². The van der Waals surface area contributed by atoms with Crippen LogP contribution < -0.4 is 0 Å². The molecule has 0 fully saturated rings. The van der Waals surface area contributed by atoms with E-state index in [0.717, 1.165) is 16.2 Å². The van der Waals surface area contributed by atoms with Crippen molar-refractivity contribution in [2.45, 2.75) is 4.90 Å². The average Bonchev–Trinajstić information content (AvgIpc) is 2.26. The van der Waals surface area contributed by atoms with E-state index in [0.29, 0.717) is 5.88 Å². The highest BCUT2D eigenvalue weighted by atomic mass is 35.5. The third-order valence-electron chi connectivity index (χ3n) is 1.68. The highest BCUT2D eigenvalue weighted by molar-refractivity contribution is 7.99. The lowest BCUT2D eigenvalue weighted by Crippen LogP contribution is -1.88. The summed E-state index contributed by atoms with van der Waals surface area (Å²) in [6.07, 6.45) is 0. The molecule has 0 heterocycles. The normalized spacial score (nSPS) is 9.93. The second-order valence-corrected chi connectivity index (χ2v) is 4.24. The molecule has 0 aliphatic carbocycles. The van der Waals surface area contributed by atoms with Crippen molar-refractivity contribution in [3.8, 4) is 0 Å². The minimum atomic E-state index is -0.411. The van der Waals surface area contributed by atoms with Crippen LogP contribution in [0.4, 0.5) is 5.69 Å². The second-order valence-electron chi connectivity index (χ2n) is 2.92. The number of benzene rings is 1. The van der Waals surface area contributed by atoms with Gasteiger partial charge in [-0.25, -0.2) is 0 Å². The topological polar surface area (TPSA) is 43.1 Å². The Morgan fingerprint density at radius 3 is 2.53 bits per heavy atom. The second kappa shape index (κ2) is 5.78. The fourth-order valence-electron chi connectivity index (χ4n) is 0.888. The van der Waals surface area contributed by atoms with E-state index in [9.17, 15) is 10.1 Å². The van der Waals surface area contributed by atoms with E-state index in [1.807, 2.05) is 0 Å². The van der Waals surface area contributed by atoms with Crippen LogP contribution in [-0.2, 0) is 0 Å². The number of nitro groups is 1. The maximum atomic E-state index is 10.4. The molecule has 1 aromatic rings. The molecule has 0 spiro atoms. The smallest absolute Gasteiger partial charge is 0.258 e. The van der Waals surface area contributed by atoms with Crippen LogP contribution in [0.1, 0.15) is 0 Å². The van der Waals surface area contributed by atoms with Gasteiger partial charge in [0, 0.05) is 28.7 Å². The van der Waals surface area contributed by atoms with Crippen LogP contribution in [0.25, 0.3) is 0 Å². The molecule has 3 nitrogen and oxygen atoms in total. The molecule has 0 N–H and O–H groups in total. The van der Waals surface area contributed by atoms with Gasteiger partial charge in [0.15, 0.2) is 0 Å². The summed E-state index contributed by atoms with van der Waals surface area (Å²) < 4.78 is 0. The van der Waals surface area contributed by atoms with Crippen LogP contribution >= 0.6 is 23.4 Å². The molecule has 0 aliphatic heterocycles. The van der Waals surface area contributed by atoms with Gasteiger partial charge in [-0.1, -0.05) is 12.2 Å². The summed E-state index contributed by atoms with van der Waals surface area (Å²) in [7, 11) is 0. The molecule has 15 heavy (non-hydrogen) atoms. The number of rotatable bonds is 5. The van der Waals surface area contributed by atoms with Gasteiger partial charge < -0.3 is 0 Å². The van der Waals surface area contributed by atoms with E-state index in [1.54, 1.807) is 23.9 Å². The number of halogens is 1. The number of nitro benzene ring substituents is 1. The summed E-state index contributed by atoms with van der Waals surface area (Å²) in [5.74, 6) is 1.18. The predicted molar refractivity (Wildman–Crippen MR) is 63.7 cm³/mol. The first-order valence-corrected chi connectivity index (χ1v) is 5.75. The Bertz CT molecular complexity index is 364. The van der Waals surface area contributed by atoms with Gasteiger partial charge in [0.05, 0.1) is 4.92 Å². The Hall–Kier alpha value is -1.00. The number of thioether (sulfide) groups is 1. The Morgan fingerprint density at radius 1 is 1.47 bits per heavy atom. The Labute approximate surface area is 97.3 Å². The number of alkyl halides is 1. The molecule has 1 rings (SSSR count). The molecule has 0 atom stereocenters. The molecule has 0 radical (unpaired) electrons. The first kappa shape index (κ1) is 12.1. The van der Waals surface area contributed by atoms with Crippen LogP contribution in [-0.4, -0.2) is 16.6 Å². The molecule has 0 amide bonds. The van der Waals surface area contributed by atoms with Crippen LogP contribution in [0.2, 0.25) is 0 Å². The molecule has 1 aromatic carbocycles. The highest BCUT2D eigenvalue weighted by Crippen LogP contribution is 2.22. The van der Waals surface area contributed by atoms with Gasteiger partial charge in [0.2, 0.25) is 0 Å². The average molecular weight is 244 g/mol. The SMILES string of the molecule is C=C(CCl)CSc1ccc([N+](=O)[O-])cc1. The van der Waals surface area contributed by atoms with Gasteiger partial charge in [-0.2, -0.15) is 0 Å². The van der Waals surface area contributed by atoms with E-state index in [2.05, 4.69) is 6.58 Å². The number of hydrogen-bond donors (Lipinski definition) is 0. The zero-order chi connectivity index (χ0) is 11.3. The molecule has 80 valence electrons. The standard InChI is InChI=1S/C10H10ClNO2S/c1-8(6-11)7-15-10-4-2-9(3-5-10)12(13)14/h2-5H,1,6-7H2. The zero-order valence-electron chi connectivity index (χ0n) is 7.98. The van der Waals surface area contributed by atoms with Crippen molar-refractivity contribution in [1.29, 1.82) is 0 Å². The van der Waals surface area contributed by atoms with Crippen LogP contribution in [0.3, 0.4) is 0 Å². The van der Waals surface area contributed by atoms with E-state index < -0.39 is 4.92 Å². The summed E-state index contributed by atoms with van der Waals surface area (Å²) >= 11 is 7.15. The lowest BCUT2D eigenvalue weighted by molar-refractivity contribution is -0.384. The molecule has 0 aromatic heterocycles. The quantitative estimate of drug-likeness (QED) is 0.261. The monoisotopic (exact) mass is 243 g/mol. The predicted octanol–water partition coefficient (Wildman–Crippen LogP) is 3.48. The molecule has 5 heteroatoms. The largest absolute Gasteiger partial charge is 0.269 e. The van der Waals surface area contributed by atoms with Gasteiger partial charge >= 0.3 is 0 Å². The Kier molecular flexibility index (Phi) is 4.65. The maximum Gasteiger partial charge on any atom is 0.269 e. The minimum absolute atomic E-state index is 0.107. The van der Waals surface area contributed by atoms with Crippen molar-refractivity contribution in [1.82, 2.24) is 0 Å². The first-order valence-electron chi connectivity index (χ1n) is 4.23. The molecule has 0 aliphatic rings. The third-order valence-corrected chi connectivity index (χ3v) is 3.22. The summed E-state index contributed by atoms with van der Waals surface area (Å²) in [5.41, 5.74) is 1.05. The maximum absolute atomic E-state index is 10.4. The zero-order valence-corrected chi connectivity index (χ0v) is 9.55. The lowest BCUT2D eigenvalue weighted by atomic mass is 10.3. The van der Waals surface area contributed by atoms with Crippen LogP contribution in [0.15, 0.2) is 41.3 Å². The summed E-state index contributed by atoms with van der Waals surface area (Å²) in [6, 6.07) is 6.44. The third kappa shape index (κ3) is 3.93. The minimum Gasteiger partial charge on any atom is -0.258 e. The van der Waals surface area contributed by atoms with Gasteiger partial charge in [-0.05, 0) is 12.1 Å². The van der Waals surface area contributed by atoms with Crippen LogP contribution in [0, 0.1) is 10.1 Å². The fraction of sp³-hybridized carbons (Fsp3) is 0.200. The van der Waals surface area contributed by atoms with Crippen molar-refractivity contribution >= 4 is 29.1 Å². The van der Waals surface area contributed by atoms with E-state index >= 15 is 0 Å². The summed E-state index contributed by atoms with van der Waals surface area (Å²) in [5, 5.41) is 10.4. The van der Waals surface area contributed by atoms with Gasteiger partial charge in [-0.15, -0.1) is 23.4 Å². The molecule has 0 saturated carbocycles. The summed E-state index contributed by atoms with van der Waals surface area (Å²) in [6.45, 7) is 3.77. The van der Waals surface area contributed by atoms with Crippen LogP contribution in [0.5, 0.6) is 0 Å². The van der Waals surface area contributed by atoms with Gasteiger partial charge in [0.25, 0.3) is 5.69 Å². The fourth-order valence-corrected chi connectivity index (χ4v) is 1.90. The van der Waals surface area contributed by atoms with E-state index in [1.165, 1.54) is 12.1 Å². The molecule has 0 bridgehead atoms. The number of nitrogens with zero attached hydrogens (tertiary/aromatic N) is 1. The Balaban J connectivity index is 2.57. The summed E-state index contributed by atoms with van der Waals surface area (Å²) in [4.78, 5) is 11.0. The van der Waals surface area contributed by atoms with E-state index in [4.69, 9.17) is 11.6 Å². The van der Waals surface area contributed by atoms with Gasteiger partial charge in [0.1, 0.15) is 0 Å². The Morgan fingerprint density at radius 2 is 2.07 bits per heavy atom. The highest BCUT2D eigenvalue weighted by Gasteiger charge is 2.04. The molecule has 0 unspecified atom stereocenters. The lowest BCUT2D eigenvalue weighted by Gasteiger charge is -2.01. The number of hydrogen-bond acceptors (Lipinski definition) is 3. The molecule has 0 saturated heterocycles. The van der Waals surface area contributed by atoms with Crippen molar-refractivity contribution in [2.75, 3.05) is 11.6 Å². The number of non-ortho nitro benzene ring substituents is 1. The molecular weight excluding hydrogens is 234 g/mol. The van der Waals surface area contributed by atoms with Crippen molar-refractivity contribution in [2.24, 2.45) is 0 Å². The van der Waals surface area contributed by atoms with Gasteiger partial charge in [-0.3, -0.25) is 10.1 Å². The molecular formula is C10H10ClNO2S. The van der Waals surface area contributed by atoms with Crippen molar-refractivity contribution in [3.63, 3.8) is 0 Å². The van der Waals surface area contributed by atoms with Crippen molar-refractivity contribution in [3.05, 3.63) is 46.5 Å². The first-order chi connectivity index (χ1) is 7.13.